The van der Waals surface area contributed by atoms with E-state index < -0.39 is 6.10 Å². The zero-order chi connectivity index (χ0) is 11.9. The molecule has 0 bridgehead atoms. The molecule has 1 aromatic carbocycles. The summed E-state index contributed by atoms with van der Waals surface area (Å²) >= 11 is 0. The largest absolute Gasteiger partial charge is 0.491 e. The molecule has 0 saturated carbocycles. The van der Waals surface area contributed by atoms with Crippen molar-refractivity contribution in [2.75, 3.05) is 39.3 Å². The number of nitrogens with one attached hydrogen (secondary N) is 1. The minimum absolute atomic E-state index is 0.355. The SMILES string of the molecule is O[C@@H](COc1ccccc1)CN1CCNCC1. The Morgan fingerprint density at radius 2 is 1.94 bits per heavy atom. The third-order valence-electron chi connectivity index (χ3n) is 2.86. The highest BCUT2D eigenvalue weighted by atomic mass is 16.5. The van der Waals surface area contributed by atoms with Gasteiger partial charge in [0.1, 0.15) is 18.5 Å². The molecule has 0 aliphatic carbocycles. The molecule has 17 heavy (non-hydrogen) atoms. The van der Waals surface area contributed by atoms with Crippen LogP contribution in [0.15, 0.2) is 30.3 Å². The standard InChI is InChI=1S/C13H20N2O2/c16-12(10-15-8-6-14-7-9-15)11-17-13-4-2-1-3-5-13/h1-5,12,14,16H,6-11H2/t12-/m1/s1. The lowest BCUT2D eigenvalue weighted by molar-refractivity contribution is 0.0641. The van der Waals surface area contributed by atoms with Crippen molar-refractivity contribution in [3.8, 4) is 5.75 Å². The predicted molar refractivity (Wildman–Crippen MR) is 67.3 cm³/mol. The molecule has 4 nitrogen and oxygen atoms in total. The summed E-state index contributed by atoms with van der Waals surface area (Å²) in [6.45, 7) is 5.06. The van der Waals surface area contributed by atoms with Crippen LogP contribution in [0, 0.1) is 0 Å². The van der Waals surface area contributed by atoms with Crippen molar-refractivity contribution in [2.45, 2.75) is 6.10 Å². The Morgan fingerprint density at radius 1 is 1.24 bits per heavy atom. The number of para-hydroxylation sites is 1. The van der Waals surface area contributed by atoms with E-state index in [-0.39, 0.29) is 0 Å². The molecule has 1 heterocycles. The Balaban J connectivity index is 1.68. The van der Waals surface area contributed by atoms with Crippen molar-refractivity contribution in [1.29, 1.82) is 0 Å². The minimum Gasteiger partial charge on any atom is -0.491 e. The number of β-amino-alcohol motifs (C(OH)–C–C–N with tert-alkyl or cyclic N) is 1. The first-order chi connectivity index (χ1) is 8.34. The van der Waals surface area contributed by atoms with Crippen LogP contribution in [0.4, 0.5) is 0 Å². The zero-order valence-electron chi connectivity index (χ0n) is 10.0. The van der Waals surface area contributed by atoms with Gasteiger partial charge < -0.3 is 15.2 Å². The Kier molecular flexibility index (Phi) is 4.79. The number of aliphatic hydroxyl groups excluding tert-OH is 1. The van der Waals surface area contributed by atoms with Crippen LogP contribution in [-0.2, 0) is 0 Å². The van der Waals surface area contributed by atoms with Gasteiger partial charge in [-0.25, -0.2) is 0 Å². The lowest BCUT2D eigenvalue weighted by atomic mass is 10.3. The third kappa shape index (κ3) is 4.34. The van der Waals surface area contributed by atoms with Gasteiger partial charge in [-0.15, -0.1) is 0 Å². The lowest BCUT2D eigenvalue weighted by Crippen LogP contribution is -2.47. The van der Waals surface area contributed by atoms with Crippen molar-refractivity contribution in [3.63, 3.8) is 0 Å². The van der Waals surface area contributed by atoms with Crippen LogP contribution in [0.25, 0.3) is 0 Å². The fourth-order valence-corrected chi connectivity index (χ4v) is 1.95. The first-order valence-electron chi connectivity index (χ1n) is 6.13. The van der Waals surface area contributed by atoms with E-state index in [0.29, 0.717) is 13.2 Å². The molecule has 0 amide bonds. The summed E-state index contributed by atoms with van der Waals surface area (Å²) in [6.07, 6.45) is -0.423. The van der Waals surface area contributed by atoms with Crippen molar-refractivity contribution >= 4 is 0 Å². The highest BCUT2D eigenvalue weighted by molar-refractivity contribution is 5.20. The van der Waals surface area contributed by atoms with Gasteiger partial charge in [-0.05, 0) is 12.1 Å². The first kappa shape index (κ1) is 12.4. The van der Waals surface area contributed by atoms with Crippen LogP contribution in [0.5, 0.6) is 5.75 Å². The molecule has 1 aromatic rings. The van der Waals surface area contributed by atoms with Gasteiger partial charge in [0.15, 0.2) is 0 Å². The molecule has 2 N–H and O–H groups in total. The van der Waals surface area contributed by atoms with Gasteiger partial charge in [-0.1, -0.05) is 18.2 Å². The Bertz CT molecular complexity index is 312. The van der Waals surface area contributed by atoms with E-state index in [0.717, 1.165) is 31.9 Å². The first-order valence-corrected chi connectivity index (χ1v) is 6.13. The third-order valence-corrected chi connectivity index (χ3v) is 2.86. The van der Waals surface area contributed by atoms with Gasteiger partial charge in [0, 0.05) is 32.7 Å². The Labute approximate surface area is 102 Å². The van der Waals surface area contributed by atoms with E-state index in [1.54, 1.807) is 0 Å². The van der Waals surface area contributed by atoms with Crippen LogP contribution in [0.3, 0.4) is 0 Å². The number of rotatable bonds is 5. The second kappa shape index (κ2) is 6.59. The van der Waals surface area contributed by atoms with Crippen LogP contribution in [-0.4, -0.2) is 55.4 Å². The van der Waals surface area contributed by atoms with Crippen molar-refractivity contribution in [1.82, 2.24) is 10.2 Å². The maximum absolute atomic E-state index is 9.88. The average Bonchev–Trinajstić information content (AvgIpc) is 2.39. The molecule has 0 radical (unpaired) electrons. The van der Waals surface area contributed by atoms with Crippen LogP contribution >= 0.6 is 0 Å². The molecule has 1 saturated heterocycles. The van der Waals surface area contributed by atoms with Gasteiger partial charge in [-0.3, -0.25) is 4.90 Å². The molecule has 4 heteroatoms. The molecule has 1 atom stereocenters. The number of aliphatic hydroxyl groups is 1. The van der Waals surface area contributed by atoms with E-state index in [2.05, 4.69) is 10.2 Å². The van der Waals surface area contributed by atoms with Gasteiger partial charge in [-0.2, -0.15) is 0 Å². The molecular formula is C13H20N2O2. The van der Waals surface area contributed by atoms with Crippen LogP contribution < -0.4 is 10.1 Å². The molecule has 1 aliphatic rings. The number of nitrogens with zero attached hydrogens (tertiary/aromatic N) is 1. The van der Waals surface area contributed by atoms with Gasteiger partial charge in [0.2, 0.25) is 0 Å². The molecule has 1 aliphatic heterocycles. The quantitative estimate of drug-likeness (QED) is 0.773. The molecule has 0 unspecified atom stereocenters. The van der Waals surface area contributed by atoms with Crippen molar-refractivity contribution < 1.29 is 9.84 Å². The topological polar surface area (TPSA) is 44.7 Å². The number of piperazine rings is 1. The van der Waals surface area contributed by atoms with Crippen LogP contribution in [0.1, 0.15) is 0 Å². The van der Waals surface area contributed by atoms with E-state index in [1.807, 2.05) is 30.3 Å². The number of hydrogen-bond acceptors (Lipinski definition) is 4. The summed E-state index contributed by atoms with van der Waals surface area (Å²) in [7, 11) is 0. The molecule has 2 rings (SSSR count). The number of hydrogen-bond donors (Lipinski definition) is 2. The van der Waals surface area contributed by atoms with Crippen molar-refractivity contribution in [3.05, 3.63) is 30.3 Å². The van der Waals surface area contributed by atoms with E-state index in [1.165, 1.54) is 0 Å². The highest BCUT2D eigenvalue weighted by Crippen LogP contribution is 2.08. The van der Waals surface area contributed by atoms with E-state index in [4.69, 9.17) is 4.74 Å². The molecule has 1 fully saturated rings. The minimum atomic E-state index is -0.423. The second-order valence-corrected chi connectivity index (χ2v) is 4.33. The smallest absolute Gasteiger partial charge is 0.119 e. The maximum Gasteiger partial charge on any atom is 0.119 e. The second-order valence-electron chi connectivity index (χ2n) is 4.33. The predicted octanol–water partition coefficient (Wildman–Crippen LogP) is 0.332. The van der Waals surface area contributed by atoms with E-state index in [9.17, 15) is 5.11 Å². The number of benzene rings is 1. The zero-order valence-corrected chi connectivity index (χ0v) is 10.0. The van der Waals surface area contributed by atoms with Crippen molar-refractivity contribution in [2.24, 2.45) is 0 Å². The summed E-state index contributed by atoms with van der Waals surface area (Å²) in [6, 6.07) is 9.61. The molecule has 94 valence electrons. The summed E-state index contributed by atoms with van der Waals surface area (Å²) < 4.78 is 5.52. The summed E-state index contributed by atoms with van der Waals surface area (Å²) in [4.78, 5) is 2.26. The van der Waals surface area contributed by atoms with E-state index >= 15 is 0 Å². The molecule has 0 aromatic heterocycles. The number of ether oxygens (including phenoxy) is 1. The normalized spacial score (nSPS) is 18.9. The maximum atomic E-state index is 9.88. The molecule has 0 spiro atoms. The van der Waals surface area contributed by atoms with Gasteiger partial charge in [0.25, 0.3) is 0 Å². The summed E-state index contributed by atoms with van der Waals surface area (Å²) in [5.74, 6) is 0.812. The average molecular weight is 236 g/mol. The fourth-order valence-electron chi connectivity index (χ4n) is 1.95. The highest BCUT2D eigenvalue weighted by Gasteiger charge is 2.14. The summed E-state index contributed by atoms with van der Waals surface area (Å²) in [5, 5.41) is 13.2. The fraction of sp³-hybridized carbons (Fsp3) is 0.538. The lowest BCUT2D eigenvalue weighted by Gasteiger charge is -2.28. The van der Waals surface area contributed by atoms with Gasteiger partial charge in [0.05, 0.1) is 0 Å². The Morgan fingerprint density at radius 3 is 2.65 bits per heavy atom. The molecular weight excluding hydrogens is 216 g/mol. The Hall–Kier alpha value is -1.10. The van der Waals surface area contributed by atoms with Gasteiger partial charge >= 0.3 is 0 Å². The summed E-state index contributed by atoms with van der Waals surface area (Å²) in [5.41, 5.74) is 0. The van der Waals surface area contributed by atoms with Crippen LogP contribution in [0.2, 0.25) is 0 Å². The monoisotopic (exact) mass is 236 g/mol.